The lowest BCUT2D eigenvalue weighted by Gasteiger charge is -2.01. The van der Waals surface area contributed by atoms with Crippen molar-refractivity contribution in [1.82, 2.24) is 115 Å². The number of nitrogens with two attached hydrogens (primary N) is 1. The molecule has 7 N–H and O–H groups in total. The molecular formula is C48H104N24O6. The van der Waals surface area contributed by atoms with E-state index in [0.29, 0.717) is 29.2 Å². The van der Waals surface area contributed by atoms with E-state index in [1.54, 1.807) is 71.5 Å². The number of nitrogens with zero attached hydrogens (tertiary/aromatic N) is 18. The Morgan fingerprint density at radius 2 is 1.26 bits per heavy atom. The van der Waals surface area contributed by atoms with Gasteiger partial charge in [-0.05, 0) is 93.5 Å². The molecule has 0 bridgehead atoms. The second-order valence-corrected chi connectivity index (χ2v) is 14.1. The molecule has 0 unspecified atom stereocenters. The molecule has 0 radical (unpaired) electrons. The van der Waals surface area contributed by atoms with Gasteiger partial charge in [-0.25, -0.2) is 39.5 Å². The Morgan fingerprint density at radius 3 is 1.38 bits per heavy atom. The van der Waals surface area contributed by atoms with Gasteiger partial charge in [0.25, 0.3) is 5.95 Å². The Kier molecular flexibility index (Phi) is 61.5. The summed E-state index contributed by atoms with van der Waals surface area (Å²) in [4.78, 5) is 52.7. The van der Waals surface area contributed by atoms with E-state index in [0.717, 1.165) is 22.7 Å². The molecule has 1 fully saturated rings. The lowest BCUT2D eigenvalue weighted by atomic mass is 10.2. The third-order valence-electron chi connectivity index (χ3n) is 7.99. The third-order valence-corrected chi connectivity index (χ3v) is 7.99. The predicted octanol–water partition coefficient (Wildman–Crippen LogP) is 7.60. The minimum atomic E-state index is -0.502. The van der Waals surface area contributed by atoms with E-state index >= 15 is 0 Å². The first-order valence-electron chi connectivity index (χ1n) is 20.4. The summed E-state index contributed by atoms with van der Waals surface area (Å²) in [5, 5.41) is 38.4. The first-order chi connectivity index (χ1) is 32.2. The van der Waals surface area contributed by atoms with E-state index in [9.17, 15) is 14.4 Å². The number of anilines is 1. The van der Waals surface area contributed by atoms with Gasteiger partial charge in [0.15, 0.2) is 5.82 Å². The number of hydrogen-bond donors (Lipinski definition) is 6. The highest BCUT2D eigenvalue weighted by molar-refractivity contribution is 5.17. The van der Waals surface area contributed by atoms with Crippen LogP contribution in [0.25, 0.3) is 0 Å². The van der Waals surface area contributed by atoms with Gasteiger partial charge in [0, 0.05) is 59.3 Å². The lowest BCUT2D eigenvalue weighted by molar-refractivity contribution is 0.383. The molecule has 1 aliphatic rings. The van der Waals surface area contributed by atoms with Crippen molar-refractivity contribution < 1.29 is 13.6 Å². The summed E-state index contributed by atoms with van der Waals surface area (Å²) in [7, 11) is 9.56. The molecular weight excluding hydrogens is 1010 g/mol. The van der Waals surface area contributed by atoms with E-state index in [1.165, 1.54) is 36.8 Å². The van der Waals surface area contributed by atoms with Crippen LogP contribution in [-0.2, 0) is 28.2 Å². The zero-order chi connectivity index (χ0) is 51.0. The summed E-state index contributed by atoms with van der Waals surface area (Å²) in [5.41, 5.74) is 7.86. The minimum absolute atomic E-state index is 0. The van der Waals surface area contributed by atoms with Crippen LogP contribution in [-0.4, -0.2) is 135 Å². The monoisotopic (exact) mass is 1110 g/mol. The number of nitrogen functional groups attached to an aromatic ring is 1. The number of nitrogens with one attached hydrogen (secondary N) is 5. The number of H-pyrrole nitrogens is 5. The van der Waals surface area contributed by atoms with Crippen LogP contribution in [0.2, 0.25) is 0 Å². The van der Waals surface area contributed by atoms with Gasteiger partial charge >= 0.3 is 17.1 Å². The van der Waals surface area contributed by atoms with E-state index in [1.807, 2.05) is 70.4 Å². The van der Waals surface area contributed by atoms with Crippen molar-refractivity contribution in [3.63, 3.8) is 0 Å². The molecule has 452 valence electrons. The molecule has 0 saturated carbocycles. The first-order valence-corrected chi connectivity index (χ1v) is 20.4. The first kappa shape index (κ1) is 92.2. The zero-order valence-electron chi connectivity index (χ0n) is 40.9. The summed E-state index contributed by atoms with van der Waals surface area (Å²) < 4.78 is 20.3. The molecule has 1 aliphatic heterocycles. The number of aromatic nitrogens is 22. The predicted molar refractivity (Wildman–Crippen MR) is 314 cm³/mol. The smallest absolute Gasteiger partial charge is 0.365 e. The molecule has 9 aromatic rings. The quantitative estimate of drug-likeness (QED) is 0.0850. The van der Waals surface area contributed by atoms with Crippen LogP contribution in [0.15, 0.2) is 71.9 Å². The minimum Gasteiger partial charge on any atom is -0.365 e. The summed E-state index contributed by atoms with van der Waals surface area (Å²) in [6.07, 6.45) is 15.1. The third kappa shape index (κ3) is 45.0. The van der Waals surface area contributed by atoms with Crippen molar-refractivity contribution in [3.05, 3.63) is 127 Å². The maximum Gasteiger partial charge on any atom is 0.438 e. The van der Waals surface area contributed by atoms with E-state index in [-0.39, 0.29) is 91.6 Å². The molecule has 30 heteroatoms. The average molecular weight is 1110 g/mol. The number of aromatic amines is 5. The van der Waals surface area contributed by atoms with Crippen molar-refractivity contribution in [2.75, 3.05) is 25.9 Å². The van der Waals surface area contributed by atoms with Crippen LogP contribution in [0, 0.1) is 62.3 Å². The van der Waals surface area contributed by atoms with Gasteiger partial charge in [-0.2, -0.15) is 25.5 Å². The summed E-state index contributed by atoms with van der Waals surface area (Å²) >= 11 is 0. The Labute approximate surface area is 463 Å². The van der Waals surface area contributed by atoms with Crippen LogP contribution in [0.5, 0.6) is 0 Å². The zero-order valence-corrected chi connectivity index (χ0v) is 40.9. The SMILES string of the molecule is C.C.C.C.C.C.C.C.C.C.CN1CCCC1.Cc1cn(C)cn1.Cc1n[nH]c(=O)[nH]1.Cc1n[nH]c(=O)n1C.Cc1nc(N)no1.Cc1nn[nH]n1.Cc1noc(=O)[nH]1.Cc1noc(C)c1C.Cn1ccnc1.Cn1cncn1. The van der Waals surface area contributed by atoms with Crippen LogP contribution in [0.4, 0.5) is 5.95 Å². The Hall–Kier alpha value is -8.44. The fourth-order valence-electron chi connectivity index (χ4n) is 4.15. The van der Waals surface area contributed by atoms with Crippen molar-refractivity contribution >= 4 is 5.95 Å². The van der Waals surface area contributed by atoms with E-state index in [4.69, 9.17) is 10.3 Å². The number of rotatable bonds is 0. The molecule has 0 aliphatic carbocycles. The van der Waals surface area contributed by atoms with E-state index in [2.05, 4.69) is 112 Å². The maximum atomic E-state index is 10.5. The largest absolute Gasteiger partial charge is 0.438 e. The Balaban J connectivity index is -0.0000000813. The summed E-state index contributed by atoms with van der Waals surface area (Å²) in [6.45, 7) is 19.0. The molecule has 10 rings (SSSR count). The topological polar surface area (TPSA) is 386 Å². The normalized spacial score (nSPS) is 9.36. The Morgan fingerprint density at radius 1 is 0.641 bits per heavy atom. The van der Waals surface area contributed by atoms with Crippen molar-refractivity contribution in [3.8, 4) is 0 Å². The number of tetrazole rings is 1. The van der Waals surface area contributed by atoms with E-state index < -0.39 is 5.76 Å². The molecule has 9 aromatic heterocycles. The second kappa shape index (κ2) is 52.0. The fraction of sp³-hybridized carbons (Fsp3) is 0.583. The molecule has 0 aromatic carbocycles. The molecule has 78 heavy (non-hydrogen) atoms. The molecule has 30 nitrogen and oxygen atoms in total. The van der Waals surface area contributed by atoms with Gasteiger partial charge in [0.2, 0.25) is 5.89 Å². The standard InChI is InChI=1S/C6H9NO.C5H8N2.C5H11N.C4H7N3O.C4H6N2.2C3H5N3O.C3H5N3.C3H4N2O2.C2H4N4.10CH4/c1-4-5(2)7-8-6(4)3;1-5-3-7(2)4-6-5;1-6-4-2-3-5-6;1-3-5-6-4(8)7(3)2;1-6-3-2-5-4-6;1-2-5-3(4)6-7-2;1-2-4-3(7)6-5-2;1-6-3-4-2-5-6;1-2-4-3(6)7-5-2;1-2-3-5-6-4-2;;;;;;;;;;/h1-3H3;3-4H,1-2H3;2-5H2,1H3;1-2H3,(H,6,8);2-4H,1H3;1H3,(H2,4,6);1H3,(H2,4,5,6,7);2-3H,1H3;1H3,(H,4,5,6);1H3,(H,3,4,5,6);10*1H4. The molecule has 0 spiro atoms. The summed E-state index contributed by atoms with van der Waals surface area (Å²) in [5.74, 6) is 3.61. The molecule has 0 amide bonds. The highest BCUT2D eigenvalue weighted by atomic mass is 16.5. The van der Waals surface area contributed by atoms with Gasteiger partial charge in [-0.1, -0.05) is 89.8 Å². The highest BCUT2D eigenvalue weighted by Crippen LogP contribution is 2.08. The number of aryl methyl sites for hydroxylation is 11. The molecule has 10 heterocycles. The van der Waals surface area contributed by atoms with Crippen LogP contribution >= 0.6 is 0 Å². The van der Waals surface area contributed by atoms with Crippen LogP contribution in [0.1, 0.15) is 139 Å². The van der Waals surface area contributed by atoms with Crippen molar-refractivity contribution in [2.24, 2.45) is 28.2 Å². The summed E-state index contributed by atoms with van der Waals surface area (Å²) in [6, 6.07) is 0. The maximum absolute atomic E-state index is 10.5. The second-order valence-electron chi connectivity index (χ2n) is 14.1. The van der Waals surface area contributed by atoms with Crippen molar-refractivity contribution in [2.45, 2.75) is 149 Å². The number of hydrogen-bond acceptors (Lipinski definition) is 21. The van der Waals surface area contributed by atoms with Gasteiger partial charge in [0.1, 0.15) is 35.9 Å². The fourth-order valence-corrected chi connectivity index (χ4v) is 4.15. The van der Waals surface area contributed by atoms with Gasteiger partial charge in [0.05, 0.1) is 24.0 Å². The Bertz CT molecular complexity index is 2530. The van der Waals surface area contributed by atoms with Gasteiger partial charge in [-0.3, -0.25) is 23.7 Å². The molecule has 1 saturated heterocycles. The average Bonchev–Trinajstić information content (AvgIpc) is 4.13. The number of imidazole rings is 2. The number of likely N-dealkylation sites (tertiary alicyclic amines) is 1. The lowest BCUT2D eigenvalue weighted by Crippen LogP contribution is -2.12. The highest BCUT2D eigenvalue weighted by Gasteiger charge is 2.03. The molecule has 0 atom stereocenters. The van der Waals surface area contributed by atoms with Crippen molar-refractivity contribution in [1.29, 1.82) is 0 Å². The van der Waals surface area contributed by atoms with Crippen LogP contribution in [0.3, 0.4) is 0 Å². The van der Waals surface area contributed by atoms with Crippen LogP contribution < -0.4 is 22.9 Å². The van der Waals surface area contributed by atoms with Gasteiger partial charge in [-0.15, -0.1) is 10.2 Å². The van der Waals surface area contributed by atoms with Gasteiger partial charge < -0.3 is 28.8 Å².